The number of hydrogen-bond acceptors (Lipinski definition) is 5. The molecule has 0 spiro atoms. The number of nitriles is 1. The van der Waals surface area contributed by atoms with Crippen LogP contribution in [0.4, 0.5) is 11.5 Å². The molecular formula is C23H24ClN7. The summed E-state index contributed by atoms with van der Waals surface area (Å²) in [6, 6.07) is 13.5. The molecule has 1 fully saturated rings. The predicted molar refractivity (Wildman–Crippen MR) is 124 cm³/mol. The van der Waals surface area contributed by atoms with E-state index in [1.165, 1.54) is 0 Å². The highest BCUT2D eigenvalue weighted by atomic mass is 35.5. The first-order valence-electron chi connectivity index (χ1n) is 10.3. The van der Waals surface area contributed by atoms with Gasteiger partial charge in [0.15, 0.2) is 6.19 Å². The number of halogens is 1. The zero-order chi connectivity index (χ0) is 21.8. The van der Waals surface area contributed by atoms with Gasteiger partial charge in [0.05, 0.1) is 17.2 Å². The smallest absolute Gasteiger partial charge is 0.213 e. The normalized spacial score (nSPS) is 17.1. The summed E-state index contributed by atoms with van der Waals surface area (Å²) in [6.45, 7) is 6.57. The van der Waals surface area contributed by atoms with Crippen molar-refractivity contribution in [2.75, 3.05) is 24.5 Å². The maximum Gasteiger partial charge on any atom is 0.213 e. The minimum Gasteiger partial charge on any atom is -0.353 e. The molecule has 1 aliphatic rings. The fourth-order valence-electron chi connectivity index (χ4n) is 3.93. The topological polar surface area (TPSA) is 80.4 Å². The van der Waals surface area contributed by atoms with E-state index in [0.29, 0.717) is 23.4 Å². The number of rotatable bonds is 3. The first kappa shape index (κ1) is 20.9. The molecule has 0 aliphatic carbocycles. The van der Waals surface area contributed by atoms with Crippen molar-refractivity contribution in [1.29, 1.82) is 5.26 Å². The maximum atomic E-state index is 9.43. The van der Waals surface area contributed by atoms with Gasteiger partial charge in [0.2, 0.25) is 5.96 Å². The van der Waals surface area contributed by atoms with Crippen LogP contribution >= 0.6 is 11.6 Å². The van der Waals surface area contributed by atoms with Crippen molar-refractivity contribution in [2.45, 2.75) is 19.9 Å². The summed E-state index contributed by atoms with van der Waals surface area (Å²) in [4.78, 5) is 18.2. The quantitative estimate of drug-likeness (QED) is 0.289. The Morgan fingerprint density at radius 3 is 2.84 bits per heavy atom. The van der Waals surface area contributed by atoms with Crippen LogP contribution in [0, 0.1) is 17.4 Å². The second-order valence-corrected chi connectivity index (χ2v) is 8.24. The van der Waals surface area contributed by atoms with E-state index in [1.54, 1.807) is 18.5 Å². The fourth-order valence-corrected chi connectivity index (χ4v) is 4.08. The molecule has 0 radical (unpaired) electrons. The monoisotopic (exact) mass is 433 g/mol. The zero-order valence-corrected chi connectivity index (χ0v) is 18.3. The Balaban J connectivity index is 1.67. The van der Waals surface area contributed by atoms with Crippen molar-refractivity contribution in [3.05, 3.63) is 59.9 Å². The number of anilines is 1. The van der Waals surface area contributed by atoms with Crippen LogP contribution in [-0.4, -0.2) is 46.5 Å². The number of aliphatic imine (C=N–C) groups is 1. The van der Waals surface area contributed by atoms with Crippen LogP contribution in [0.15, 0.2) is 59.9 Å². The van der Waals surface area contributed by atoms with E-state index < -0.39 is 0 Å². The van der Waals surface area contributed by atoms with Crippen molar-refractivity contribution in [1.82, 2.24) is 20.2 Å². The number of aromatic nitrogens is 2. The standard InChI is InChI=1S/C23H24ClN7/c1-16(2)21-14-30(22-13-17(24)8-10-27-22)11-12-31(21)23(28-15-25)29-20-7-3-6-19-18(20)5-4-9-26-19/h3-10,13,16,21H,11-12,14H2,1-2H3,(H,28,29). The molecule has 7 nitrogen and oxygen atoms in total. The van der Waals surface area contributed by atoms with E-state index in [2.05, 4.69) is 45.1 Å². The number of benzene rings is 1. The Morgan fingerprint density at radius 2 is 2.06 bits per heavy atom. The van der Waals surface area contributed by atoms with Gasteiger partial charge in [0.25, 0.3) is 0 Å². The molecule has 2 aromatic heterocycles. The molecule has 1 unspecified atom stereocenters. The van der Waals surface area contributed by atoms with Crippen molar-refractivity contribution in [3.8, 4) is 6.19 Å². The Bertz CT molecular complexity index is 1130. The molecule has 8 heteroatoms. The van der Waals surface area contributed by atoms with E-state index in [0.717, 1.165) is 35.5 Å². The van der Waals surface area contributed by atoms with Crippen molar-refractivity contribution in [3.63, 3.8) is 0 Å². The van der Waals surface area contributed by atoms with Crippen LogP contribution in [0.1, 0.15) is 13.8 Å². The Hall–Kier alpha value is -3.37. The van der Waals surface area contributed by atoms with Gasteiger partial charge in [0.1, 0.15) is 5.82 Å². The number of piperazine rings is 1. The first-order chi connectivity index (χ1) is 15.1. The summed E-state index contributed by atoms with van der Waals surface area (Å²) in [6.07, 6.45) is 5.56. The van der Waals surface area contributed by atoms with Gasteiger partial charge in [0, 0.05) is 42.4 Å². The van der Waals surface area contributed by atoms with E-state index in [-0.39, 0.29) is 6.04 Å². The predicted octanol–water partition coefficient (Wildman–Crippen LogP) is 4.19. The van der Waals surface area contributed by atoms with Crippen LogP contribution in [-0.2, 0) is 0 Å². The molecule has 0 amide bonds. The molecular weight excluding hydrogens is 410 g/mol. The minimum absolute atomic E-state index is 0.141. The highest BCUT2D eigenvalue weighted by molar-refractivity contribution is 6.30. The van der Waals surface area contributed by atoms with Gasteiger partial charge in [-0.1, -0.05) is 31.5 Å². The summed E-state index contributed by atoms with van der Waals surface area (Å²) in [7, 11) is 0. The molecule has 1 saturated heterocycles. The number of nitrogens with one attached hydrogen (secondary N) is 1. The Morgan fingerprint density at radius 1 is 1.19 bits per heavy atom. The molecule has 158 valence electrons. The maximum absolute atomic E-state index is 9.43. The molecule has 1 aromatic carbocycles. The lowest BCUT2D eigenvalue weighted by atomic mass is 9.99. The van der Waals surface area contributed by atoms with E-state index in [9.17, 15) is 5.26 Å². The number of pyridine rings is 2. The van der Waals surface area contributed by atoms with Gasteiger partial charge in [-0.15, -0.1) is 0 Å². The Labute approximate surface area is 187 Å². The average molecular weight is 434 g/mol. The lowest BCUT2D eigenvalue weighted by Crippen LogP contribution is -2.59. The number of hydrogen-bond donors (Lipinski definition) is 1. The van der Waals surface area contributed by atoms with Gasteiger partial charge in [-0.2, -0.15) is 5.26 Å². The summed E-state index contributed by atoms with van der Waals surface area (Å²) < 4.78 is 0. The third-order valence-corrected chi connectivity index (χ3v) is 5.74. The van der Waals surface area contributed by atoms with Crippen LogP contribution in [0.3, 0.4) is 0 Å². The van der Waals surface area contributed by atoms with Crippen molar-refractivity contribution >= 4 is 40.0 Å². The van der Waals surface area contributed by atoms with E-state index in [4.69, 9.17) is 16.6 Å². The minimum atomic E-state index is 0.141. The van der Waals surface area contributed by atoms with Gasteiger partial charge in [-0.05, 0) is 42.3 Å². The van der Waals surface area contributed by atoms with Crippen molar-refractivity contribution < 1.29 is 0 Å². The first-order valence-corrected chi connectivity index (χ1v) is 10.7. The molecule has 1 aliphatic heterocycles. The van der Waals surface area contributed by atoms with Crippen LogP contribution < -0.4 is 10.2 Å². The third-order valence-electron chi connectivity index (χ3n) is 5.51. The molecule has 31 heavy (non-hydrogen) atoms. The van der Waals surface area contributed by atoms with Crippen molar-refractivity contribution in [2.24, 2.45) is 10.9 Å². The number of guanidine groups is 1. The summed E-state index contributed by atoms with van der Waals surface area (Å²) in [5, 5.41) is 13.9. The fraction of sp³-hybridized carbons (Fsp3) is 0.304. The van der Waals surface area contributed by atoms with Crippen LogP contribution in [0.2, 0.25) is 5.02 Å². The van der Waals surface area contributed by atoms with Crippen LogP contribution in [0.5, 0.6) is 0 Å². The second-order valence-electron chi connectivity index (χ2n) is 7.80. The Kier molecular flexibility index (Phi) is 6.19. The van der Waals surface area contributed by atoms with Gasteiger partial charge < -0.3 is 9.80 Å². The number of nitrogens with zero attached hydrogens (tertiary/aromatic N) is 6. The number of fused-ring (bicyclic) bond motifs is 1. The average Bonchev–Trinajstić information content (AvgIpc) is 2.78. The molecule has 1 atom stereocenters. The summed E-state index contributed by atoms with van der Waals surface area (Å²) >= 11 is 6.17. The molecule has 4 rings (SSSR count). The highest BCUT2D eigenvalue weighted by Gasteiger charge is 2.32. The third kappa shape index (κ3) is 4.54. The van der Waals surface area contributed by atoms with E-state index >= 15 is 0 Å². The highest BCUT2D eigenvalue weighted by Crippen LogP contribution is 2.27. The lowest BCUT2D eigenvalue weighted by molar-refractivity contribution is 0.220. The SMILES string of the molecule is CC(C)C1CN(c2cc(Cl)ccn2)CCN1C(=Nc1cccc2ncccc12)NC#N. The summed E-state index contributed by atoms with van der Waals surface area (Å²) in [5.41, 5.74) is 1.65. The molecule has 0 saturated carbocycles. The van der Waals surface area contributed by atoms with Gasteiger partial charge in [-0.25, -0.2) is 9.98 Å². The van der Waals surface area contributed by atoms with Gasteiger partial charge in [-0.3, -0.25) is 10.3 Å². The second kappa shape index (κ2) is 9.19. The van der Waals surface area contributed by atoms with Crippen LogP contribution in [0.25, 0.3) is 10.9 Å². The lowest BCUT2D eigenvalue weighted by Gasteiger charge is -2.44. The molecule has 3 aromatic rings. The van der Waals surface area contributed by atoms with Gasteiger partial charge >= 0.3 is 0 Å². The molecule has 0 bridgehead atoms. The molecule has 1 N–H and O–H groups in total. The summed E-state index contributed by atoms with van der Waals surface area (Å²) in [5.74, 6) is 1.75. The zero-order valence-electron chi connectivity index (χ0n) is 17.5. The molecule has 3 heterocycles. The largest absolute Gasteiger partial charge is 0.353 e. The van der Waals surface area contributed by atoms with E-state index in [1.807, 2.05) is 36.4 Å².